The molecule has 0 aliphatic heterocycles. The van der Waals surface area contributed by atoms with Crippen molar-refractivity contribution in [1.29, 1.82) is 0 Å². The number of halogens is 2. The maximum absolute atomic E-state index is 14.4. The molecule has 0 saturated carbocycles. The number of pyridine rings is 2. The molecular formula is C19H12ClFN4O. The molecule has 0 atom stereocenters. The molecule has 5 nitrogen and oxygen atoms in total. The Bertz CT molecular complexity index is 1120. The maximum atomic E-state index is 14.4. The van der Waals surface area contributed by atoms with E-state index in [2.05, 4.69) is 19.9 Å². The standard InChI is InChI=1S/C19H12ClFN4O/c1-26-19-18-16(23-10-24-19)7-6-15(25-18)12-3-2-8-22-17(12)13-9-11(20)4-5-14(13)21/h2-10H,1H3. The van der Waals surface area contributed by atoms with Gasteiger partial charge in [-0.15, -0.1) is 0 Å². The van der Waals surface area contributed by atoms with Crippen LogP contribution in [0.15, 0.2) is 55.0 Å². The number of hydrogen-bond donors (Lipinski definition) is 0. The number of nitrogens with zero attached hydrogens (tertiary/aromatic N) is 4. The lowest BCUT2D eigenvalue weighted by Crippen LogP contribution is -1.97. The second-order valence-electron chi connectivity index (χ2n) is 5.47. The molecular weight excluding hydrogens is 355 g/mol. The van der Waals surface area contributed by atoms with Gasteiger partial charge in [-0.3, -0.25) is 4.98 Å². The summed E-state index contributed by atoms with van der Waals surface area (Å²) in [5.41, 5.74) is 3.21. The summed E-state index contributed by atoms with van der Waals surface area (Å²) >= 11 is 6.04. The van der Waals surface area contributed by atoms with Gasteiger partial charge in [0.05, 0.1) is 24.0 Å². The van der Waals surface area contributed by atoms with E-state index < -0.39 is 5.82 Å². The van der Waals surface area contributed by atoms with Gasteiger partial charge in [-0.1, -0.05) is 11.6 Å². The number of aromatic nitrogens is 4. The molecule has 3 aromatic heterocycles. The number of rotatable bonds is 3. The van der Waals surface area contributed by atoms with Crippen LogP contribution in [0, 0.1) is 5.82 Å². The van der Waals surface area contributed by atoms with Crippen molar-refractivity contribution < 1.29 is 9.13 Å². The lowest BCUT2D eigenvalue weighted by atomic mass is 10.0. The summed E-state index contributed by atoms with van der Waals surface area (Å²) < 4.78 is 19.6. The van der Waals surface area contributed by atoms with Crippen molar-refractivity contribution in [1.82, 2.24) is 19.9 Å². The van der Waals surface area contributed by atoms with E-state index in [9.17, 15) is 4.39 Å². The first kappa shape index (κ1) is 16.4. The van der Waals surface area contributed by atoms with E-state index in [1.165, 1.54) is 25.6 Å². The van der Waals surface area contributed by atoms with Gasteiger partial charge in [0.1, 0.15) is 12.1 Å². The first-order valence-corrected chi connectivity index (χ1v) is 8.11. The SMILES string of the molecule is COc1ncnc2ccc(-c3cccnc3-c3cc(Cl)ccc3F)nc12. The summed E-state index contributed by atoms with van der Waals surface area (Å²) in [7, 11) is 1.52. The number of methoxy groups -OCH3 is 1. The monoisotopic (exact) mass is 366 g/mol. The molecule has 0 aliphatic carbocycles. The second-order valence-corrected chi connectivity index (χ2v) is 5.91. The third kappa shape index (κ3) is 2.84. The molecule has 0 N–H and O–H groups in total. The topological polar surface area (TPSA) is 60.8 Å². The van der Waals surface area contributed by atoms with Crippen LogP contribution in [0.1, 0.15) is 0 Å². The first-order valence-electron chi connectivity index (χ1n) is 7.74. The highest BCUT2D eigenvalue weighted by Crippen LogP contribution is 2.33. The number of fused-ring (bicyclic) bond motifs is 1. The van der Waals surface area contributed by atoms with Gasteiger partial charge in [0.25, 0.3) is 0 Å². The van der Waals surface area contributed by atoms with Crippen LogP contribution in [0.5, 0.6) is 5.88 Å². The van der Waals surface area contributed by atoms with Crippen LogP contribution < -0.4 is 4.74 Å². The Morgan fingerprint density at radius 1 is 1.00 bits per heavy atom. The van der Waals surface area contributed by atoms with Crippen molar-refractivity contribution in [3.8, 4) is 28.4 Å². The summed E-state index contributed by atoms with van der Waals surface area (Å²) in [6, 6.07) is 11.6. The molecule has 26 heavy (non-hydrogen) atoms. The maximum Gasteiger partial charge on any atom is 0.243 e. The summed E-state index contributed by atoms with van der Waals surface area (Å²) in [6.07, 6.45) is 3.02. The van der Waals surface area contributed by atoms with Crippen LogP contribution in [0.4, 0.5) is 4.39 Å². The third-order valence-corrected chi connectivity index (χ3v) is 4.14. The number of hydrogen-bond acceptors (Lipinski definition) is 5. The van der Waals surface area contributed by atoms with Crippen LogP contribution >= 0.6 is 11.6 Å². The molecule has 128 valence electrons. The summed E-state index contributed by atoms with van der Waals surface area (Å²) in [6.45, 7) is 0. The fourth-order valence-corrected chi connectivity index (χ4v) is 2.90. The van der Waals surface area contributed by atoms with E-state index in [0.717, 1.165) is 0 Å². The van der Waals surface area contributed by atoms with Crippen molar-refractivity contribution in [2.75, 3.05) is 7.11 Å². The van der Waals surface area contributed by atoms with Crippen LogP contribution in [-0.4, -0.2) is 27.0 Å². The molecule has 0 spiro atoms. The predicted octanol–water partition coefficient (Wildman–Crippen LogP) is 4.55. The van der Waals surface area contributed by atoms with Gasteiger partial charge in [-0.25, -0.2) is 14.4 Å². The van der Waals surface area contributed by atoms with Crippen LogP contribution in [-0.2, 0) is 0 Å². The van der Waals surface area contributed by atoms with Crippen molar-refractivity contribution in [3.05, 3.63) is 65.8 Å². The highest BCUT2D eigenvalue weighted by atomic mass is 35.5. The zero-order valence-electron chi connectivity index (χ0n) is 13.6. The molecule has 4 rings (SSSR count). The first-order chi connectivity index (χ1) is 12.7. The van der Waals surface area contributed by atoms with Gasteiger partial charge in [-0.05, 0) is 42.5 Å². The lowest BCUT2D eigenvalue weighted by Gasteiger charge is -2.10. The van der Waals surface area contributed by atoms with Gasteiger partial charge in [0.2, 0.25) is 5.88 Å². The molecule has 3 heterocycles. The van der Waals surface area contributed by atoms with E-state index >= 15 is 0 Å². The summed E-state index contributed by atoms with van der Waals surface area (Å²) in [5, 5.41) is 0.430. The Morgan fingerprint density at radius 3 is 2.73 bits per heavy atom. The average Bonchev–Trinajstić information content (AvgIpc) is 2.69. The molecule has 4 aromatic rings. The quantitative estimate of drug-likeness (QED) is 0.532. The van der Waals surface area contributed by atoms with E-state index in [1.807, 2.05) is 12.1 Å². The Hall–Kier alpha value is -3.12. The molecule has 0 aliphatic rings. The van der Waals surface area contributed by atoms with E-state index in [1.54, 1.807) is 24.4 Å². The van der Waals surface area contributed by atoms with Gasteiger partial charge in [0.15, 0.2) is 5.52 Å². The molecule has 0 saturated heterocycles. The highest BCUT2D eigenvalue weighted by Gasteiger charge is 2.15. The molecule has 0 fully saturated rings. The second kappa shape index (κ2) is 6.65. The smallest absolute Gasteiger partial charge is 0.243 e. The van der Waals surface area contributed by atoms with Gasteiger partial charge in [0, 0.05) is 22.3 Å². The predicted molar refractivity (Wildman–Crippen MR) is 97.5 cm³/mol. The fourth-order valence-electron chi connectivity index (χ4n) is 2.72. The molecule has 0 unspecified atom stereocenters. The lowest BCUT2D eigenvalue weighted by molar-refractivity contribution is 0.401. The summed E-state index contributed by atoms with van der Waals surface area (Å²) in [4.78, 5) is 17.2. The largest absolute Gasteiger partial charge is 0.479 e. The Balaban J connectivity index is 1.95. The molecule has 0 amide bonds. The molecule has 0 radical (unpaired) electrons. The average molecular weight is 367 g/mol. The van der Waals surface area contributed by atoms with Crippen molar-refractivity contribution in [2.24, 2.45) is 0 Å². The Labute approximate surface area is 153 Å². The van der Waals surface area contributed by atoms with Crippen LogP contribution in [0.2, 0.25) is 5.02 Å². The number of ether oxygens (including phenoxy) is 1. The van der Waals surface area contributed by atoms with E-state index in [-0.39, 0.29) is 0 Å². The fraction of sp³-hybridized carbons (Fsp3) is 0.0526. The zero-order valence-corrected chi connectivity index (χ0v) is 14.4. The van der Waals surface area contributed by atoms with Gasteiger partial charge < -0.3 is 4.74 Å². The van der Waals surface area contributed by atoms with Gasteiger partial charge in [-0.2, -0.15) is 4.98 Å². The zero-order chi connectivity index (χ0) is 18.1. The molecule has 1 aromatic carbocycles. The van der Waals surface area contributed by atoms with Gasteiger partial charge >= 0.3 is 0 Å². The minimum Gasteiger partial charge on any atom is -0.479 e. The summed E-state index contributed by atoms with van der Waals surface area (Å²) in [5.74, 6) is -0.0349. The minimum absolute atomic E-state index is 0.311. The highest BCUT2D eigenvalue weighted by molar-refractivity contribution is 6.30. The molecule has 0 bridgehead atoms. The van der Waals surface area contributed by atoms with E-state index in [0.29, 0.717) is 44.5 Å². The van der Waals surface area contributed by atoms with Crippen molar-refractivity contribution in [2.45, 2.75) is 0 Å². The third-order valence-electron chi connectivity index (χ3n) is 3.91. The van der Waals surface area contributed by atoms with Crippen molar-refractivity contribution in [3.63, 3.8) is 0 Å². The van der Waals surface area contributed by atoms with E-state index in [4.69, 9.17) is 16.3 Å². The Kier molecular flexibility index (Phi) is 4.18. The Morgan fingerprint density at radius 2 is 1.88 bits per heavy atom. The normalized spacial score (nSPS) is 10.9. The van der Waals surface area contributed by atoms with Crippen LogP contribution in [0.3, 0.4) is 0 Å². The molecule has 7 heteroatoms. The number of benzene rings is 1. The van der Waals surface area contributed by atoms with Crippen molar-refractivity contribution >= 4 is 22.6 Å². The minimum atomic E-state index is -0.406. The van der Waals surface area contributed by atoms with Crippen LogP contribution in [0.25, 0.3) is 33.5 Å².